The molecule has 5 rings (SSSR count). The van der Waals surface area contributed by atoms with Crippen LogP contribution in [0, 0.1) is 0 Å². The van der Waals surface area contributed by atoms with Gasteiger partial charge in [0.15, 0.2) is 5.78 Å². The van der Waals surface area contributed by atoms with Crippen LogP contribution in [0.4, 0.5) is 5.69 Å². The number of carbonyl (C=O) groups is 1. The Labute approximate surface area is 173 Å². The molecule has 0 saturated heterocycles. The third-order valence-electron chi connectivity index (χ3n) is 5.30. The van der Waals surface area contributed by atoms with Gasteiger partial charge >= 0.3 is 0 Å². The second kappa shape index (κ2) is 7.07. The van der Waals surface area contributed by atoms with E-state index in [1.807, 2.05) is 24.3 Å². The number of rotatable bonds is 5. The van der Waals surface area contributed by atoms with Crippen molar-refractivity contribution in [3.8, 4) is 0 Å². The van der Waals surface area contributed by atoms with Gasteiger partial charge in [-0.15, -0.1) is 5.10 Å². The summed E-state index contributed by atoms with van der Waals surface area (Å²) in [5.74, 6) is -0.0992. The zero-order valence-corrected chi connectivity index (χ0v) is 16.8. The lowest BCUT2D eigenvalue weighted by Crippen LogP contribution is -2.29. The van der Waals surface area contributed by atoms with Gasteiger partial charge in [0.05, 0.1) is 16.1 Å². The number of sulfonamides is 1. The molecule has 1 aliphatic rings. The highest BCUT2D eigenvalue weighted by atomic mass is 32.2. The Bertz CT molecular complexity index is 1360. The van der Waals surface area contributed by atoms with Gasteiger partial charge < -0.3 is 0 Å². The number of hydrogen-bond acceptors (Lipinski definition) is 5. The van der Waals surface area contributed by atoms with E-state index in [9.17, 15) is 13.2 Å². The average Bonchev–Trinajstić information content (AvgIpc) is 3.38. The summed E-state index contributed by atoms with van der Waals surface area (Å²) in [5.41, 5.74) is 3.55. The van der Waals surface area contributed by atoms with Gasteiger partial charge in [0.25, 0.3) is 10.0 Å². The molecule has 0 aliphatic carbocycles. The minimum absolute atomic E-state index is 0.0747. The Morgan fingerprint density at radius 2 is 1.73 bits per heavy atom. The van der Waals surface area contributed by atoms with Crippen molar-refractivity contribution in [2.45, 2.75) is 17.9 Å². The van der Waals surface area contributed by atoms with E-state index in [-0.39, 0.29) is 17.2 Å². The Kier molecular flexibility index (Phi) is 4.36. The number of hydrogen-bond donors (Lipinski definition) is 0. The van der Waals surface area contributed by atoms with Crippen molar-refractivity contribution in [2.75, 3.05) is 10.8 Å². The van der Waals surface area contributed by atoms with E-state index >= 15 is 0 Å². The van der Waals surface area contributed by atoms with E-state index < -0.39 is 10.0 Å². The van der Waals surface area contributed by atoms with E-state index in [0.29, 0.717) is 24.2 Å². The molecule has 3 aromatic carbocycles. The molecule has 0 amide bonds. The number of ketones is 1. The summed E-state index contributed by atoms with van der Waals surface area (Å²) < 4.78 is 29.0. The van der Waals surface area contributed by atoms with Crippen molar-refractivity contribution in [2.24, 2.45) is 0 Å². The van der Waals surface area contributed by atoms with E-state index in [4.69, 9.17) is 0 Å². The van der Waals surface area contributed by atoms with Gasteiger partial charge in [-0.3, -0.25) is 9.10 Å². The fourth-order valence-electron chi connectivity index (χ4n) is 3.78. The standard InChI is InChI=1S/C22H18N4O3S/c27-22(15-25-21-9-5-4-8-19(21)23-24-25)17-10-11-20-16(14-17)12-13-26(20)30(28,29)18-6-2-1-3-7-18/h1-11,14H,12-13,15H2. The van der Waals surface area contributed by atoms with Crippen molar-refractivity contribution in [1.29, 1.82) is 0 Å². The topological polar surface area (TPSA) is 85.2 Å². The molecule has 0 fully saturated rings. The zero-order valence-electron chi connectivity index (χ0n) is 16.0. The first-order valence-corrected chi connectivity index (χ1v) is 11.0. The van der Waals surface area contributed by atoms with Crippen molar-refractivity contribution in [3.63, 3.8) is 0 Å². The second-order valence-electron chi connectivity index (χ2n) is 7.14. The second-order valence-corrected chi connectivity index (χ2v) is 9.01. The zero-order chi connectivity index (χ0) is 20.7. The molecule has 30 heavy (non-hydrogen) atoms. The first-order valence-electron chi connectivity index (χ1n) is 9.56. The predicted molar refractivity (Wildman–Crippen MR) is 113 cm³/mol. The number of Topliss-reactive ketones (excluding diaryl/α,β-unsaturated/α-hetero) is 1. The van der Waals surface area contributed by atoms with E-state index in [1.165, 1.54) is 4.31 Å². The quantitative estimate of drug-likeness (QED) is 0.465. The molecule has 1 aliphatic heterocycles. The van der Waals surface area contributed by atoms with Crippen LogP contribution in [0.5, 0.6) is 0 Å². The minimum atomic E-state index is -3.62. The number of benzene rings is 3. The van der Waals surface area contributed by atoms with Crippen LogP contribution in [-0.2, 0) is 23.0 Å². The highest BCUT2D eigenvalue weighted by molar-refractivity contribution is 7.92. The molecule has 7 nitrogen and oxygen atoms in total. The number of anilines is 1. The van der Waals surface area contributed by atoms with E-state index in [0.717, 1.165) is 16.6 Å². The number of nitrogens with zero attached hydrogens (tertiary/aromatic N) is 4. The Hall–Kier alpha value is -3.52. The molecule has 0 unspecified atom stereocenters. The molecule has 0 spiro atoms. The number of fused-ring (bicyclic) bond motifs is 2. The first kappa shape index (κ1) is 18.5. The fourth-order valence-corrected chi connectivity index (χ4v) is 5.30. The number of carbonyl (C=O) groups excluding carboxylic acids is 1. The molecule has 150 valence electrons. The van der Waals surface area contributed by atoms with Crippen LogP contribution in [-0.4, -0.2) is 35.7 Å². The molecule has 8 heteroatoms. The highest BCUT2D eigenvalue weighted by Gasteiger charge is 2.31. The van der Waals surface area contributed by atoms with Gasteiger partial charge in [0, 0.05) is 12.1 Å². The van der Waals surface area contributed by atoms with Crippen molar-refractivity contribution < 1.29 is 13.2 Å². The van der Waals surface area contributed by atoms with E-state index in [2.05, 4.69) is 10.3 Å². The van der Waals surface area contributed by atoms with Crippen LogP contribution in [0.3, 0.4) is 0 Å². The highest BCUT2D eigenvalue weighted by Crippen LogP contribution is 2.33. The summed E-state index contributed by atoms with van der Waals surface area (Å²) in [6, 6.07) is 21.0. The lowest BCUT2D eigenvalue weighted by atomic mass is 10.1. The van der Waals surface area contributed by atoms with Gasteiger partial charge in [-0.2, -0.15) is 0 Å². The lowest BCUT2D eigenvalue weighted by Gasteiger charge is -2.19. The fraction of sp³-hybridized carbons (Fsp3) is 0.136. The largest absolute Gasteiger partial charge is 0.292 e. The third-order valence-corrected chi connectivity index (χ3v) is 7.13. The molecular weight excluding hydrogens is 400 g/mol. The smallest absolute Gasteiger partial charge is 0.264 e. The number of aromatic nitrogens is 3. The summed E-state index contributed by atoms with van der Waals surface area (Å²) in [6.07, 6.45) is 0.564. The minimum Gasteiger partial charge on any atom is -0.292 e. The van der Waals surface area contributed by atoms with Crippen molar-refractivity contribution in [3.05, 3.63) is 83.9 Å². The molecule has 2 heterocycles. The predicted octanol–water partition coefficient (Wildman–Crippen LogP) is 3.07. The van der Waals surface area contributed by atoms with Gasteiger partial charge in [-0.1, -0.05) is 35.5 Å². The van der Waals surface area contributed by atoms with Crippen LogP contribution in [0.15, 0.2) is 77.7 Å². The Balaban J connectivity index is 1.42. The summed E-state index contributed by atoms with van der Waals surface area (Å²) in [7, 11) is -3.62. The molecule has 0 radical (unpaired) electrons. The summed E-state index contributed by atoms with van der Waals surface area (Å²) >= 11 is 0. The third kappa shape index (κ3) is 3.05. The maximum Gasteiger partial charge on any atom is 0.264 e. The molecule has 0 N–H and O–H groups in total. The van der Waals surface area contributed by atoms with Crippen LogP contribution < -0.4 is 4.31 Å². The summed E-state index contributed by atoms with van der Waals surface area (Å²) in [5, 5.41) is 8.15. The molecule has 0 bridgehead atoms. The van der Waals surface area contributed by atoms with Crippen LogP contribution in [0.25, 0.3) is 11.0 Å². The summed E-state index contributed by atoms with van der Waals surface area (Å²) in [4.78, 5) is 13.1. The lowest BCUT2D eigenvalue weighted by molar-refractivity contribution is 0.0968. The number of para-hydroxylation sites is 1. The van der Waals surface area contributed by atoms with Gasteiger partial charge in [0.2, 0.25) is 0 Å². The molecular formula is C22H18N4O3S. The Morgan fingerprint density at radius 3 is 2.57 bits per heavy atom. The van der Waals surface area contributed by atoms with Gasteiger partial charge in [-0.05, 0) is 54.4 Å². The monoisotopic (exact) mass is 418 g/mol. The molecule has 4 aromatic rings. The van der Waals surface area contributed by atoms with Gasteiger partial charge in [-0.25, -0.2) is 13.1 Å². The van der Waals surface area contributed by atoms with Crippen LogP contribution in [0.2, 0.25) is 0 Å². The molecule has 0 saturated carbocycles. The SMILES string of the molecule is O=C(Cn1nnc2ccccc21)c1ccc2c(c1)CCN2S(=O)(=O)c1ccccc1. The van der Waals surface area contributed by atoms with E-state index in [1.54, 1.807) is 53.2 Å². The normalized spacial score (nSPS) is 13.5. The molecule has 1 aromatic heterocycles. The van der Waals surface area contributed by atoms with Gasteiger partial charge in [0.1, 0.15) is 12.1 Å². The summed E-state index contributed by atoms with van der Waals surface area (Å²) in [6.45, 7) is 0.434. The maximum absolute atomic E-state index is 13.0. The first-order chi connectivity index (χ1) is 14.5. The average molecular weight is 418 g/mol. The molecule has 0 atom stereocenters. The van der Waals surface area contributed by atoms with Crippen LogP contribution in [0.1, 0.15) is 15.9 Å². The van der Waals surface area contributed by atoms with Crippen molar-refractivity contribution >= 4 is 32.5 Å². The maximum atomic E-state index is 13.0. The van der Waals surface area contributed by atoms with Crippen LogP contribution >= 0.6 is 0 Å². The van der Waals surface area contributed by atoms with Crippen molar-refractivity contribution in [1.82, 2.24) is 15.0 Å². The Morgan fingerprint density at radius 1 is 0.967 bits per heavy atom.